The summed E-state index contributed by atoms with van der Waals surface area (Å²) in [6.45, 7) is 0.419. The summed E-state index contributed by atoms with van der Waals surface area (Å²) in [5.41, 5.74) is 7.31. The van der Waals surface area contributed by atoms with E-state index in [1.807, 2.05) is 0 Å². The Morgan fingerprint density at radius 3 is 2.10 bits per heavy atom. The first-order valence-corrected chi connectivity index (χ1v) is 8.04. The molecule has 0 heterocycles. The molecule has 5 heteroatoms. The Morgan fingerprint density at radius 1 is 0.900 bits per heavy atom. The van der Waals surface area contributed by atoms with Crippen molar-refractivity contribution in [1.82, 2.24) is 0 Å². The number of nitrogens with two attached hydrogens (primary N) is 1. The highest BCUT2D eigenvalue weighted by Crippen LogP contribution is 2.15. The summed E-state index contributed by atoms with van der Waals surface area (Å²) in [5, 5.41) is 0. The minimum absolute atomic E-state index is 0.105. The summed E-state index contributed by atoms with van der Waals surface area (Å²) in [7, 11) is -3.40. The van der Waals surface area contributed by atoms with Crippen LogP contribution in [0.3, 0.4) is 0 Å². The summed E-state index contributed by atoms with van der Waals surface area (Å²) < 4.78 is 37.6. The molecule has 2 aromatic carbocycles. The normalized spacial score (nSPS) is 11.5. The Kier molecular flexibility index (Phi) is 4.52. The predicted octanol–water partition coefficient (Wildman–Crippen LogP) is 2.40. The van der Waals surface area contributed by atoms with Crippen LogP contribution in [-0.4, -0.2) is 8.42 Å². The summed E-state index contributed by atoms with van der Waals surface area (Å²) in [6.07, 6.45) is 0. The Hall–Kier alpha value is -1.72. The quantitative estimate of drug-likeness (QED) is 0.921. The van der Waals surface area contributed by atoms with Crippen LogP contribution < -0.4 is 5.73 Å². The van der Waals surface area contributed by atoms with Gasteiger partial charge in [0.25, 0.3) is 0 Å². The second-order valence-corrected chi connectivity index (χ2v) is 6.71. The zero-order valence-electron chi connectivity index (χ0n) is 10.9. The highest BCUT2D eigenvalue weighted by molar-refractivity contribution is 7.89. The van der Waals surface area contributed by atoms with E-state index in [1.165, 1.54) is 18.2 Å². The van der Waals surface area contributed by atoms with E-state index in [2.05, 4.69) is 0 Å². The smallest absolute Gasteiger partial charge is 0.158 e. The number of halogens is 1. The molecule has 2 N–H and O–H groups in total. The molecular formula is C15H16FNO2S. The maximum atomic E-state index is 13.5. The van der Waals surface area contributed by atoms with Gasteiger partial charge in [-0.3, -0.25) is 0 Å². The van der Waals surface area contributed by atoms with E-state index in [1.54, 1.807) is 30.3 Å². The van der Waals surface area contributed by atoms with Gasteiger partial charge in [-0.2, -0.15) is 0 Å². The Morgan fingerprint density at radius 2 is 1.50 bits per heavy atom. The standard InChI is InChI=1S/C15H16FNO2S/c16-15-4-2-1-3-14(15)11-20(18,19)10-13-7-5-12(9-17)6-8-13/h1-8H,9-11,17H2. The van der Waals surface area contributed by atoms with Crippen LogP contribution in [0.4, 0.5) is 4.39 Å². The molecule has 0 saturated heterocycles. The van der Waals surface area contributed by atoms with Crippen molar-refractivity contribution in [2.45, 2.75) is 18.1 Å². The summed E-state index contributed by atoms with van der Waals surface area (Å²) in [4.78, 5) is 0. The van der Waals surface area contributed by atoms with Crippen LogP contribution in [0.1, 0.15) is 16.7 Å². The highest BCUT2D eigenvalue weighted by Gasteiger charge is 2.15. The Balaban J connectivity index is 2.13. The molecule has 0 amide bonds. The molecular weight excluding hydrogens is 277 g/mol. The first-order valence-electron chi connectivity index (χ1n) is 6.22. The summed E-state index contributed by atoms with van der Waals surface area (Å²) in [6, 6.07) is 13.0. The van der Waals surface area contributed by atoms with Gasteiger partial charge in [-0.05, 0) is 17.2 Å². The van der Waals surface area contributed by atoms with Crippen molar-refractivity contribution in [3.8, 4) is 0 Å². The molecule has 0 spiro atoms. The van der Waals surface area contributed by atoms with Crippen LogP contribution >= 0.6 is 0 Å². The number of benzene rings is 2. The lowest BCUT2D eigenvalue weighted by molar-refractivity contribution is 0.586. The van der Waals surface area contributed by atoms with Gasteiger partial charge in [0.2, 0.25) is 0 Å². The van der Waals surface area contributed by atoms with Crippen molar-refractivity contribution in [2.24, 2.45) is 5.73 Å². The molecule has 0 aliphatic carbocycles. The molecule has 2 aromatic rings. The van der Waals surface area contributed by atoms with E-state index < -0.39 is 15.7 Å². The lowest BCUT2D eigenvalue weighted by Crippen LogP contribution is -2.09. The molecule has 0 aliphatic rings. The van der Waals surface area contributed by atoms with Crippen molar-refractivity contribution < 1.29 is 12.8 Å². The number of hydrogen-bond acceptors (Lipinski definition) is 3. The molecule has 2 rings (SSSR count). The molecule has 3 nitrogen and oxygen atoms in total. The largest absolute Gasteiger partial charge is 0.326 e. The van der Waals surface area contributed by atoms with Crippen LogP contribution in [0, 0.1) is 5.82 Å². The van der Waals surface area contributed by atoms with Crippen LogP contribution in [-0.2, 0) is 27.9 Å². The zero-order valence-corrected chi connectivity index (χ0v) is 11.7. The lowest BCUT2D eigenvalue weighted by atomic mass is 10.1. The molecule has 106 valence electrons. The Labute approximate surface area is 118 Å². The van der Waals surface area contributed by atoms with E-state index in [4.69, 9.17) is 5.73 Å². The minimum atomic E-state index is -3.40. The molecule has 0 aliphatic heterocycles. The molecule has 20 heavy (non-hydrogen) atoms. The maximum absolute atomic E-state index is 13.5. The van der Waals surface area contributed by atoms with E-state index in [0.717, 1.165) is 5.56 Å². The molecule has 0 saturated carbocycles. The average Bonchev–Trinajstić information content (AvgIpc) is 2.41. The van der Waals surface area contributed by atoms with Crippen molar-refractivity contribution in [3.63, 3.8) is 0 Å². The predicted molar refractivity (Wildman–Crippen MR) is 77.1 cm³/mol. The second kappa shape index (κ2) is 6.15. The summed E-state index contributed by atoms with van der Waals surface area (Å²) >= 11 is 0. The summed E-state index contributed by atoms with van der Waals surface area (Å²) in [5.74, 6) is -0.889. The second-order valence-electron chi connectivity index (χ2n) is 4.64. The number of sulfone groups is 1. The van der Waals surface area contributed by atoms with E-state index >= 15 is 0 Å². The monoisotopic (exact) mass is 293 g/mol. The first kappa shape index (κ1) is 14.7. The molecule has 0 aromatic heterocycles. The average molecular weight is 293 g/mol. The fourth-order valence-electron chi connectivity index (χ4n) is 1.93. The number of rotatable bonds is 5. The van der Waals surface area contributed by atoms with E-state index in [-0.39, 0.29) is 17.1 Å². The van der Waals surface area contributed by atoms with Gasteiger partial charge in [0.1, 0.15) is 5.82 Å². The van der Waals surface area contributed by atoms with Crippen molar-refractivity contribution in [1.29, 1.82) is 0 Å². The van der Waals surface area contributed by atoms with Gasteiger partial charge in [0.05, 0.1) is 11.5 Å². The Bertz CT molecular complexity index is 681. The van der Waals surface area contributed by atoms with Crippen LogP contribution in [0.15, 0.2) is 48.5 Å². The topological polar surface area (TPSA) is 60.2 Å². The molecule has 0 radical (unpaired) electrons. The first-order chi connectivity index (χ1) is 9.50. The number of hydrogen-bond donors (Lipinski definition) is 1. The van der Waals surface area contributed by atoms with Gasteiger partial charge < -0.3 is 5.73 Å². The van der Waals surface area contributed by atoms with Gasteiger partial charge in [-0.25, -0.2) is 12.8 Å². The van der Waals surface area contributed by atoms with E-state index in [9.17, 15) is 12.8 Å². The van der Waals surface area contributed by atoms with Gasteiger partial charge in [-0.1, -0.05) is 42.5 Å². The van der Waals surface area contributed by atoms with Crippen LogP contribution in [0.5, 0.6) is 0 Å². The zero-order chi connectivity index (χ0) is 14.6. The van der Waals surface area contributed by atoms with Crippen molar-refractivity contribution in [3.05, 3.63) is 71.0 Å². The fourth-order valence-corrected chi connectivity index (χ4v) is 3.44. The lowest BCUT2D eigenvalue weighted by Gasteiger charge is -2.06. The van der Waals surface area contributed by atoms with Gasteiger partial charge in [0, 0.05) is 12.1 Å². The van der Waals surface area contributed by atoms with Crippen LogP contribution in [0.2, 0.25) is 0 Å². The van der Waals surface area contributed by atoms with Gasteiger partial charge in [0.15, 0.2) is 9.84 Å². The SMILES string of the molecule is NCc1ccc(CS(=O)(=O)Cc2ccccc2F)cc1. The highest BCUT2D eigenvalue weighted by atomic mass is 32.2. The maximum Gasteiger partial charge on any atom is 0.158 e. The van der Waals surface area contributed by atoms with Gasteiger partial charge in [-0.15, -0.1) is 0 Å². The third-order valence-corrected chi connectivity index (χ3v) is 4.50. The molecule has 0 atom stereocenters. The van der Waals surface area contributed by atoms with Crippen molar-refractivity contribution in [2.75, 3.05) is 0 Å². The third kappa shape index (κ3) is 3.88. The molecule has 0 fully saturated rings. The molecule has 0 bridgehead atoms. The molecule has 0 unspecified atom stereocenters. The van der Waals surface area contributed by atoms with E-state index in [0.29, 0.717) is 12.1 Å². The fraction of sp³-hybridized carbons (Fsp3) is 0.200. The van der Waals surface area contributed by atoms with Gasteiger partial charge >= 0.3 is 0 Å². The third-order valence-electron chi connectivity index (χ3n) is 2.98. The minimum Gasteiger partial charge on any atom is -0.326 e. The van der Waals surface area contributed by atoms with Crippen LogP contribution in [0.25, 0.3) is 0 Å². The van der Waals surface area contributed by atoms with Crippen molar-refractivity contribution >= 4 is 9.84 Å².